The molecule has 2 fully saturated rings. The second-order valence-electron chi connectivity index (χ2n) is 7.13. The highest BCUT2D eigenvalue weighted by molar-refractivity contribution is 5.82. The summed E-state index contributed by atoms with van der Waals surface area (Å²) < 4.78 is 16.9. The van der Waals surface area contributed by atoms with Gasteiger partial charge in [0.05, 0.1) is 6.61 Å². The number of hydrogen-bond donors (Lipinski definition) is 0. The van der Waals surface area contributed by atoms with Crippen molar-refractivity contribution in [2.75, 3.05) is 13.2 Å². The molecule has 4 heteroatoms. The highest BCUT2D eigenvalue weighted by Gasteiger charge is 2.28. The number of rotatable bonds is 7. The smallest absolute Gasteiger partial charge is 0.330 e. The molecule has 1 unspecified atom stereocenters. The Bertz CT molecular complexity index is 563. The van der Waals surface area contributed by atoms with E-state index in [0.29, 0.717) is 18.9 Å². The van der Waals surface area contributed by atoms with Gasteiger partial charge in [-0.25, -0.2) is 4.79 Å². The average molecular weight is 358 g/mol. The molecule has 1 saturated carbocycles. The number of benzene rings is 1. The summed E-state index contributed by atoms with van der Waals surface area (Å²) in [6.45, 7) is 1.36. The molecule has 0 aromatic heterocycles. The van der Waals surface area contributed by atoms with Gasteiger partial charge in [0.15, 0.2) is 6.29 Å². The van der Waals surface area contributed by atoms with Crippen molar-refractivity contribution in [2.45, 2.75) is 69.7 Å². The van der Waals surface area contributed by atoms with Crippen LogP contribution in [0.3, 0.4) is 0 Å². The summed E-state index contributed by atoms with van der Waals surface area (Å²) in [5.74, 6) is 0.0702. The van der Waals surface area contributed by atoms with Crippen molar-refractivity contribution in [1.29, 1.82) is 0 Å². The molecule has 0 spiro atoms. The Morgan fingerprint density at radius 2 is 1.88 bits per heavy atom. The summed E-state index contributed by atoms with van der Waals surface area (Å²) in [6.07, 6.45) is 11.6. The van der Waals surface area contributed by atoms with E-state index in [9.17, 15) is 4.79 Å². The first kappa shape index (κ1) is 19.1. The van der Waals surface area contributed by atoms with Gasteiger partial charge in [-0.05, 0) is 50.5 Å². The first-order valence-electron chi connectivity index (χ1n) is 9.98. The molecular weight excluding hydrogens is 328 g/mol. The Balaban J connectivity index is 1.41. The summed E-state index contributed by atoms with van der Waals surface area (Å²) in [5.41, 5.74) is 1.27. The third-order valence-corrected chi connectivity index (χ3v) is 5.18. The molecule has 3 atom stereocenters. The predicted octanol–water partition coefficient (Wildman–Crippen LogP) is 4.75. The lowest BCUT2D eigenvalue weighted by Gasteiger charge is -2.31. The standard InChI is InChI=1S/C22H30O4/c23-21(14-6-8-16-24-22-15-7-9-17-25-22)26-20-13-5-4-12-19(20)18-10-2-1-3-11-18/h1-3,6,10-11,14,19-20,22H,4-5,7-9,12-13,15-17H2/b14-6+/t19-,20+,22?/m0/s1. The van der Waals surface area contributed by atoms with Crippen LogP contribution >= 0.6 is 0 Å². The van der Waals surface area contributed by atoms with Gasteiger partial charge in [-0.3, -0.25) is 0 Å². The molecule has 1 aromatic rings. The SMILES string of the molecule is O=C(/C=C/CCOC1CCCCO1)O[C@@H]1CCCC[C@H]1c1ccccc1. The molecule has 0 radical (unpaired) electrons. The van der Waals surface area contributed by atoms with Crippen molar-refractivity contribution < 1.29 is 19.0 Å². The van der Waals surface area contributed by atoms with E-state index in [1.807, 2.05) is 12.1 Å². The molecular formula is C22H30O4. The van der Waals surface area contributed by atoms with Crippen LogP contribution in [0.5, 0.6) is 0 Å². The number of carbonyl (C=O) groups is 1. The summed E-state index contributed by atoms with van der Waals surface area (Å²) in [5, 5.41) is 0. The molecule has 1 aromatic carbocycles. The summed E-state index contributed by atoms with van der Waals surface area (Å²) in [7, 11) is 0. The maximum absolute atomic E-state index is 12.2. The van der Waals surface area contributed by atoms with Gasteiger partial charge >= 0.3 is 5.97 Å². The molecule has 2 aliphatic rings. The molecule has 1 aliphatic heterocycles. The van der Waals surface area contributed by atoms with Crippen LogP contribution in [0, 0.1) is 0 Å². The summed E-state index contributed by atoms with van der Waals surface area (Å²) in [6, 6.07) is 10.4. The van der Waals surface area contributed by atoms with E-state index in [4.69, 9.17) is 14.2 Å². The normalized spacial score (nSPS) is 26.7. The zero-order valence-corrected chi connectivity index (χ0v) is 15.5. The average Bonchev–Trinajstić information content (AvgIpc) is 2.70. The second-order valence-corrected chi connectivity index (χ2v) is 7.13. The van der Waals surface area contributed by atoms with Crippen LogP contribution in [0.1, 0.15) is 62.8 Å². The number of ether oxygens (including phenoxy) is 3. The van der Waals surface area contributed by atoms with Crippen LogP contribution in [0.4, 0.5) is 0 Å². The summed E-state index contributed by atoms with van der Waals surface area (Å²) >= 11 is 0. The van der Waals surface area contributed by atoms with Crippen molar-refractivity contribution in [2.24, 2.45) is 0 Å². The van der Waals surface area contributed by atoms with Crippen LogP contribution in [0.25, 0.3) is 0 Å². The Morgan fingerprint density at radius 3 is 2.69 bits per heavy atom. The molecule has 1 saturated heterocycles. The van der Waals surface area contributed by atoms with Gasteiger partial charge in [0.25, 0.3) is 0 Å². The molecule has 142 valence electrons. The quantitative estimate of drug-likeness (QED) is 0.401. The number of esters is 1. The minimum atomic E-state index is -0.244. The predicted molar refractivity (Wildman–Crippen MR) is 101 cm³/mol. The summed E-state index contributed by atoms with van der Waals surface area (Å²) in [4.78, 5) is 12.2. The fraction of sp³-hybridized carbons (Fsp3) is 0.591. The topological polar surface area (TPSA) is 44.8 Å². The lowest BCUT2D eigenvalue weighted by molar-refractivity contribution is -0.161. The van der Waals surface area contributed by atoms with E-state index in [0.717, 1.165) is 45.1 Å². The van der Waals surface area contributed by atoms with Gasteiger partial charge in [0.1, 0.15) is 6.10 Å². The largest absolute Gasteiger partial charge is 0.459 e. The first-order valence-corrected chi connectivity index (χ1v) is 9.98. The van der Waals surface area contributed by atoms with Crippen molar-refractivity contribution in [1.82, 2.24) is 0 Å². The van der Waals surface area contributed by atoms with Gasteiger partial charge in [-0.1, -0.05) is 42.8 Å². The van der Waals surface area contributed by atoms with Gasteiger partial charge in [-0.2, -0.15) is 0 Å². The van der Waals surface area contributed by atoms with Crippen molar-refractivity contribution in [3.05, 3.63) is 48.0 Å². The fourth-order valence-corrected chi connectivity index (χ4v) is 3.80. The van der Waals surface area contributed by atoms with Crippen LogP contribution in [-0.2, 0) is 19.0 Å². The number of hydrogen-bond acceptors (Lipinski definition) is 4. The monoisotopic (exact) mass is 358 g/mol. The van der Waals surface area contributed by atoms with E-state index < -0.39 is 0 Å². The van der Waals surface area contributed by atoms with Crippen molar-refractivity contribution in [3.8, 4) is 0 Å². The van der Waals surface area contributed by atoms with E-state index >= 15 is 0 Å². The molecule has 1 aliphatic carbocycles. The third-order valence-electron chi connectivity index (χ3n) is 5.18. The van der Waals surface area contributed by atoms with E-state index in [1.165, 1.54) is 12.0 Å². The zero-order valence-electron chi connectivity index (χ0n) is 15.5. The highest BCUT2D eigenvalue weighted by Crippen LogP contribution is 2.35. The Labute approximate surface area is 156 Å². The molecule has 0 N–H and O–H groups in total. The van der Waals surface area contributed by atoms with Gasteiger partial charge in [0.2, 0.25) is 0 Å². The molecule has 0 amide bonds. The van der Waals surface area contributed by atoms with Crippen LogP contribution in [0.15, 0.2) is 42.5 Å². The van der Waals surface area contributed by atoms with Gasteiger partial charge < -0.3 is 14.2 Å². The Hall–Kier alpha value is -1.65. The maximum atomic E-state index is 12.2. The molecule has 26 heavy (non-hydrogen) atoms. The molecule has 3 rings (SSSR count). The first-order chi connectivity index (χ1) is 12.8. The molecule has 4 nitrogen and oxygen atoms in total. The van der Waals surface area contributed by atoms with Crippen LogP contribution < -0.4 is 0 Å². The van der Waals surface area contributed by atoms with Crippen LogP contribution in [-0.4, -0.2) is 31.6 Å². The van der Waals surface area contributed by atoms with E-state index in [1.54, 1.807) is 6.08 Å². The third kappa shape index (κ3) is 5.96. The lowest BCUT2D eigenvalue weighted by atomic mass is 9.81. The molecule has 0 bridgehead atoms. The fourth-order valence-electron chi connectivity index (χ4n) is 3.80. The number of carbonyl (C=O) groups excluding carboxylic acids is 1. The van der Waals surface area contributed by atoms with Crippen LogP contribution in [0.2, 0.25) is 0 Å². The Morgan fingerprint density at radius 1 is 1.08 bits per heavy atom. The van der Waals surface area contributed by atoms with Gasteiger partial charge in [-0.15, -0.1) is 0 Å². The maximum Gasteiger partial charge on any atom is 0.330 e. The van der Waals surface area contributed by atoms with Crippen molar-refractivity contribution in [3.63, 3.8) is 0 Å². The minimum absolute atomic E-state index is 0.0183. The van der Waals surface area contributed by atoms with E-state index in [-0.39, 0.29) is 18.4 Å². The molecule has 1 heterocycles. The Kier molecular flexibility index (Phi) is 7.71. The zero-order chi connectivity index (χ0) is 18.0. The van der Waals surface area contributed by atoms with Crippen molar-refractivity contribution >= 4 is 5.97 Å². The second kappa shape index (κ2) is 10.5. The minimum Gasteiger partial charge on any atom is -0.459 e. The lowest BCUT2D eigenvalue weighted by Crippen LogP contribution is -2.28. The van der Waals surface area contributed by atoms with E-state index in [2.05, 4.69) is 24.3 Å². The highest BCUT2D eigenvalue weighted by atomic mass is 16.7. The van der Waals surface area contributed by atoms with Gasteiger partial charge in [0, 0.05) is 18.6 Å².